The van der Waals surface area contributed by atoms with Gasteiger partial charge in [-0.05, 0) is 6.42 Å². The number of nitrogens with zero attached hydrogens (tertiary/aromatic N) is 1. The maximum absolute atomic E-state index is 11.0. The van der Waals surface area contributed by atoms with Crippen LogP contribution in [0.4, 0.5) is 5.13 Å². The highest BCUT2D eigenvalue weighted by molar-refractivity contribution is 7.13. The monoisotopic (exact) mass is 228 g/mol. The number of carbonyl (C=O) groups is 1. The third kappa shape index (κ3) is 4.29. The average molecular weight is 228 g/mol. The number of esters is 1. The zero-order valence-electron chi connectivity index (χ0n) is 9.08. The molecule has 0 bridgehead atoms. The molecule has 0 aliphatic rings. The highest BCUT2D eigenvalue weighted by atomic mass is 32.1. The Morgan fingerprint density at radius 1 is 1.67 bits per heavy atom. The Morgan fingerprint density at radius 2 is 2.47 bits per heavy atom. The number of hydrogen-bond donors (Lipinski definition) is 1. The Bertz CT molecular complexity index is 312. The molecule has 0 aliphatic heterocycles. The highest BCUT2D eigenvalue weighted by Gasteiger charge is 2.06. The Labute approximate surface area is 93.7 Å². The zero-order chi connectivity index (χ0) is 11.1. The van der Waals surface area contributed by atoms with Crippen molar-refractivity contribution in [2.24, 2.45) is 0 Å². The minimum Gasteiger partial charge on any atom is -0.469 e. The SMILES string of the molecule is CCCCNc1nc(CC(=O)OC)cs1. The van der Waals surface area contributed by atoms with E-state index in [4.69, 9.17) is 0 Å². The topological polar surface area (TPSA) is 51.2 Å². The Kier molecular flexibility index (Phi) is 5.10. The van der Waals surface area contributed by atoms with Crippen LogP contribution in [0.15, 0.2) is 5.38 Å². The van der Waals surface area contributed by atoms with Gasteiger partial charge in [-0.2, -0.15) is 0 Å². The van der Waals surface area contributed by atoms with E-state index in [0.717, 1.165) is 30.2 Å². The molecule has 0 radical (unpaired) electrons. The fourth-order valence-electron chi connectivity index (χ4n) is 1.06. The zero-order valence-corrected chi connectivity index (χ0v) is 9.89. The van der Waals surface area contributed by atoms with Crippen LogP contribution in [0.5, 0.6) is 0 Å². The van der Waals surface area contributed by atoms with Crippen LogP contribution >= 0.6 is 11.3 Å². The van der Waals surface area contributed by atoms with Gasteiger partial charge in [-0.25, -0.2) is 4.98 Å². The van der Waals surface area contributed by atoms with E-state index >= 15 is 0 Å². The minimum atomic E-state index is -0.250. The summed E-state index contributed by atoms with van der Waals surface area (Å²) in [5.74, 6) is -0.250. The van der Waals surface area contributed by atoms with Gasteiger partial charge in [0.15, 0.2) is 5.13 Å². The summed E-state index contributed by atoms with van der Waals surface area (Å²) in [5.41, 5.74) is 0.769. The lowest BCUT2D eigenvalue weighted by atomic mass is 10.3. The molecule has 1 aromatic heterocycles. The van der Waals surface area contributed by atoms with Gasteiger partial charge in [0.1, 0.15) is 0 Å². The maximum atomic E-state index is 11.0. The van der Waals surface area contributed by atoms with E-state index < -0.39 is 0 Å². The molecule has 0 fully saturated rings. The molecule has 0 unspecified atom stereocenters. The molecule has 0 aromatic carbocycles. The van der Waals surface area contributed by atoms with Gasteiger partial charge in [-0.3, -0.25) is 4.79 Å². The van der Waals surface area contributed by atoms with Crippen molar-refractivity contribution >= 4 is 22.4 Å². The first-order valence-corrected chi connectivity index (χ1v) is 5.89. The summed E-state index contributed by atoms with van der Waals surface area (Å²) in [6, 6.07) is 0. The molecule has 1 N–H and O–H groups in total. The van der Waals surface area contributed by atoms with Gasteiger partial charge in [-0.1, -0.05) is 13.3 Å². The van der Waals surface area contributed by atoms with E-state index in [9.17, 15) is 4.79 Å². The first-order valence-electron chi connectivity index (χ1n) is 5.01. The van der Waals surface area contributed by atoms with Crippen LogP contribution in [-0.4, -0.2) is 24.6 Å². The standard InChI is InChI=1S/C10H16N2O2S/c1-3-4-5-11-10-12-8(7-15-10)6-9(13)14-2/h7H,3-6H2,1-2H3,(H,11,12). The molecule has 15 heavy (non-hydrogen) atoms. The van der Waals surface area contributed by atoms with Gasteiger partial charge in [0.05, 0.1) is 19.2 Å². The Balaban J connectivity index is 2.38. The highest BCUT2D eigenvalue weighted by Crippen LogP contribution is 2.15. The number of thiazole rings is 1. The normalized spacial score (nSPS) is 10.0. The average Bonchev–Trinajstić information content (AvgIpc) is 2.66. The van der Waals surface area contributed by atoms with Crippen molar-refractivity contribution < 1.29 is 9.53 Å². The molecule has 1 heterocycles. The number of nitrogens with one attached hydrogen (secondary N) is 1. The van der Waals surface area contributed by atoms with Crippen molar-refractivity contribution in [3.63, 3.8) is 0 Å². The van der Waals surface area contributed by atoms with Gasteiger partial charge in [0.2, 0.25) is 0 Å². The molecule has 1 aromatic rings. The fourth-order valence-corrected chi connectivity index (χ4v) is 1.80. The van der Waals surface area contributed by atoms with E-state index in [1.807, 2.05) is 5.38 Å². The molecule has 84 valence electrons. The number of methoxy groups -OCH3 is 1. The van der Waals surface area contributed by atoms with Gasteiger partial charge in [0.25, 0.3) is 0 Å². The summed E-state index contributed by atoms with van der Waals surface area (Å²) in [6.45, 7) is 3.08. The third-order valence-corrected chi connectivity index (χ3v) is 2.76. The Hall–Kier alpha value is -1.10. The number of carbonyl (C=O) groups excluding carboxylic acids is 1. The second kappa shape index (κ2) is 6.40. The fraction of sp³-hybridized carbons (Fsp3) is 0.600. The van der Waals surface area contributed by atoms with E-state index in [2.05, 4.69) is 22.0 Å². The molecule has 5 heteroatoms. The largest absolute Gasteiger partial charge is 0.469 e. The van der Waals surface area contributed by atoms with Crippen molar-refractivity contribution in [2.75, 3.05) is 19.0 Å². The molecule has 0 aliphatic carbocycles. The van der Waals surface area contributed by atoms with Crippen LogP contribution in [0, 0.1) is 0 Å². The first kappa shape index (κ1) is 12.0. The number of ether oxygens (including phenoxy) is 1. The number of rotatable bonds is 6. The molecule has 1 rings (SSSR count). The van der Waals surface area contributed by atoms with Gasteiger partial charge in [-0.15, -0.1) is 11.3 Å². The molecule has 0 amide bonds. The quantitative estimate of drug-likeness (QED) is 0.598. The minimum absolute atomic E-state index is 0.250. The van der Waals surface area contributed by atoms with E-state index in [1.54, 1.807) is 0 Å². The predicted molar refractivity (Wildman–Crippen MR) is 61.2 cm³/mol. The van der Waals surface area contributed by atoms with Crippen molar-refractivity contribution in [3.05, 3.63) is 11.1 Å². The third-order valence-electron chi connectivity index (χ3n) is 1.91. The summed E-state index contributed by atoms with van der Waals surface area (Å²) in [4.78, 5) is 15.2. The van der Waals surface area contributed by atoms with Crippen molar-refractivity contribution in [2.45, 2.75) is 26.2 Å². The van der Waals surface area contributed by atoms with E-state index in [-0.39, 0.29) is 12.4 Å². The molecule has 0 saturated heterocycles. The molecule has 0 saturated carbocycles. The van der Waals surface area contributed by atoms with Crippen LogP contribution < -0.4 is 5.32 Å². The van der Waals surface area contributed by atoms with Crippen LogP contribution in [0.3, 0.4) is 0 Å². The lowest BCUT2D eigenvalue weighted by molar-refractivity contribution is -0.139. The summed E-state index contributed by atoms with van der Waals surface area (Å²) in [5, 5.41) is 5.97. The number of aromatic nitrogens is 1. The number of hydrogen-bond acceptors (Lipinski definition) is 5. The van der Waals surface area contributed by atoms with Gasteiger partial charge < -0.3 is 10.1 Å². The summed E-state index contributed by atoms with van der Waals surface area (Å²) in [6.07, 6.45) is 2.54. The van der Waals surface area contributed by atoms with Crippen LogP contribution in [0.1, 0.15) is 25.5 Å². The van der Waals surface area contributed by atoms with Crippen molar-refractivity contribution in [1.29, 1.82) is 0 Å². The van der Waals surface area contributed by atoms with Gasteiger partial charge >= 0.3 is 5.97 Å². The van der Waals surface area contributed by atoms with Crippen molar-refractivity contribution in [3.8, 4) is 0 Å². The van der Waals surface area contributed by atoms with E-state index in [0.29, 0.717) is 0 Å². The van der Waals surface area contributed by atoms with Crippen LogP contribution in [0.2, 0.25) is 0 Å². The Morgan fingerprint density at radius 3 is 3.13 bits per heavy atom. The smallest absolute Gasteiger partial charge is 0.311 e. The number of unbranched alkanes of at least 4 members (excludes halogenated alkanes) is 1. The maximum Gasteiger partial charge on any atom is 0.311 e. The predicted octanol–water partition coefficient (Wildman–Crippen LogP) is 2.07. The molecule has 4 nitrogen and oxygen atoms in total. The van der Waals surface area contributed by atoms with Crippen molar-refractivity contribution in [1.82, 2.24) is 4.98 Å². The first-order chi connectivity index (χ1) is 7.26. The molecule has 0 atom stereocenters. The summed E-state index contributed by atoms with van der Waals surface area (Å²) in [7, 11) is 1.38. The van der Waals surface area contributed by atoms with Gasteiger partial charge in [0, 0.05) is 11.9 Å². The van der Waals surface area contributed by atoms with E-state index in [1.165, 1.54) is 18.4 Å². The number of anilines is 1. The second-order valence-corrected chi connectivity index (χ2v) is 4.04. The summed E-state index contributed by atoms with van der Waals surface area (Å²) < 4.78 is 4.57. The lowest BCUT2D eigenvalue weighted by Crippen LogP contribution is -2.05. The van der Waals surface area contributed by atoms with Crippen LogP contribution in [-0.2, 0) is 16.0 Å². The lowest BCUT2D eigenvalue weighted by Gasteiger charge is -1.99. The molecular formula is C10H16N2O2S. The second-order valence-electron chi connectivity index (χ2n) is 3.18. The summed E-state index contributed by atoms with van der Waals surface area (Å²) >= 11 is 1.52. The molecular weight excluding hydrogens is 212 g/mol. The van der Waals surface area contributed by atoms with Crippen LogP contribution in [0.25, 0.3) is 0 Å². The molecule has 0 spiro atoms.